The molecule has 0 aliphatic carbocycles. The number of rotatable bonds is 5. The molecule has 1 atom stereocenters. The zero-order chi connectivity index (χ0) is 12.9. The number of aliphatic hydroxyl groups is 1. The van der Waals surface area contributed by atoms with Crippen molar-refractivity contribution < 1.29 is 9.90 Å². The zero-order valence-electron chi connectivity index (χ0n) is 10.7. The van der Waals surface area contributed by atoms with E-state index in [2.05, 4.69) is 5.32 Å². The van der Waals surface area contributed by atoms with Crippen LogP contribution in [0, 0.1) is 5.41 Å². The summed E-state index contributed by atoms with van der Waals surface area (Å²) in [5.41, 5.74) is 0.568. The van der Waals surface area contributed by atoms with Gasteiger partial charge < -0.3 is 10.4 Å². The van der Waals surface area contributed by atoms with Crippen LogP contribution < -0.4 is 5.32 Å². The maximum Gasteiger partial charge on any atom is 0.251 e. The topological polar surface area (TPSA) is 49.3 Å². The minimum absolute atomic E-state index is 0.0655. The first-order valence-corrected chi connectivity index (χ1v) is 5.92. The molecule has 1 aromatic carbocycles. The number of amides is 1. The predicted octanol–water partition coefficient (Wildman–Crippen LogP) is 2.21. The fraction of sp³-hybridized carbons (Fsp3) is 0.500. The largest absolute Gasteiger partial charge is 0.393 e. The third-order valence-electron chi connectivity index (χ3n) is 2.61. The minimum atomic E-state index is -0.348. The SMILES string of the molecule is CC(O)CC(C)(C)CNC(=O)c1ccccc1. The van der Waals surface area contributed by atoms with Gasteiger partial charge in [0.1, 0.15) is 0 Å². The fourth-order valence-electron chi connectivity index (χ4n) is 1.88. The molecule has 0 aliphatic heterocycles. The van der Waals surface area contributed by atoms with Gasteiger partial charge in [-0.3, -0.25) is 4.79 Å². The average molecular weight is 235 g/mol. The summed E-state index contributed by atoms with van der Waals surface area (Å²) < 4.78 is 0. The molecule has 0 spiro atoms. The Labute approximate surface area is 103 Å². The van der Waals surface area contributed by atoms with Crippen LogP contribution in [0.1, 0.15) is 37.6 Å². The Hall–Kier alpha value is -1.35. The second kappa shape index (κ2) is 5.82. The lowest BCUT2D eigenvalue weighted by molar-refractivity contribution is 0.0902. The summed E-state index contributed by atoms with van der Waals surface area (Å²) in [4.78, 5) is 11.8. The molecule has 1 rings (SSSR count). The Morgan fingerprint density at radius 3 is 2.47 bits per heavy atom. The van der Waals surface area contributed by atoms with Gasteiger partial charge in [0.05, 0.1) is 6.10 Å². The van der Waals surface area contributed by atoms with Crippen LogP contribution in [-0.4, -0.2) is 23.7 Å². The van der Waals surface area contributed by atoms with E-state index in [1.54, 1.807) is 19.1 Å². The standard InChI is InChI=1S/C14H21NO2/c1-11(16)9-14(2,3)10-15-13(17)12-7-5-4-6-8-12/h4-8,11,16H,9-10H2,1-3H3,(H,15,17). The van der Waals surface area contributed by atoms with Crippen molar-refractivity contribution in [2.45, 2.75) is 33.3 Å². The van der Waals surface area contributed by atoms with Crippen molar-refractivity contribution in [1.29, 1.82) is 0 Å². The van der Waals surface area contributed by atoms with E-state index in [-0.39, 0.29) is 17.4 Å². The average Bonchev–Trinajstić information content (AvgIpc) is 2.25. The first kappa shape index (κ1) is 13.7. The Kier molecular flexibility index (Phi) is 4.70. The lowest BCUT2D eigenvalue weighted by Gasteiger charge is -2.26. The first-order valence-electron chi connectivity index (χ1n) is 5.92. The number of benzene rings is 1. The molecule has 1 amide bonds. The number of nitrogens with one attached hydrogen (secondary N) is 1. The number of carbonyl (C=O) groups excluding carboxylic acids is 1. The molecule has 2 N–H and O–H groups in total. The van der Waals surface area contributed by atoms with Gasteiger partial charge in [0.15, 0.2) is 0 Å². The Morgan fingerprint density at radius 1 is 1.35 bits per heavy atom. The van der Waals surface area contributed by atoms with Crippen LogP contribution in [0.3, 0.4) is 0 Å². The quantitative estimate of drug-likeness (QED) is 0.822. The molecule has 0 aliphatic rings. The molecular formula is C14H21NO2. The van der Waals surface area contributed by atoms with Gasteiger partial charge >= 0.3 is 0 Å². The van der Waals surface area contributed by atoms with Crippen molar-refractivity contribution in [3.63, 3.8) is 0 Å². The van der Waals surface area contributed by atoms with E-state index < -0.39 is 0 Å². The Morgan fingerprint density at radius 2 is 1.94 bits per heavy atom. The summed E-state index contributed by atoms with van der Waals surface area (Å²) in [6, 6.07) is 9.15. The normalized spacial score (nSPS) is 13.2. The molecule has 0 saturated carbocycles. The van der Waals surface area contributed by atoms with Gasteiger partial charge in [-0.15, -0.1) is 0 Å². The lowest BCUT2D eigenvalue weighted by Crippen LogP contribution is -2.35. The van der Waals surface area contributed by atoms with Gasteiger partial charge in [-0.05, 0) is 30.9 Å². The van der Waals surface area contributed by atoms with E-state index in [1.165, 1.54) is 0 Å². The predicted molar refractivity (Wildman–Crippen MR) is 68.9 cm³/mol. The minimum Gasteiger partial charge on any atom is -0.393 e. The molecule has 0 heterocycles. The smallest absolute Gasteiger partial charge is 0.251 e. The highest BCUT2D eigenvalue weighted by molar-refractivity contribution is 5.94. The summed E-state index contributed by atoms with van der Waals surface area (Å²) in [5.74, 6) is -0.0655. The summed E-state index contributed by atoms with van der Waals surface area (Å²) in [5, 5.41) is 12.3. The number of hydrogen-bond acceptors (Lipinski definition) is 2. The molecule has 0 radical (unpaired) electrons. The summed E-state index contributed by atoms with van der Waals surface area (Å²) in [6.45, 7) is 6.39. The van der Waals surface area contributed by atoms with Crippen LogP contribution in [0.5, 0.6) is 0 Å². The van der Waals surface area contributed by atoms with Crippen molar-refractivity contribution in [3.8, 4) is 0 Å². The van der Waals surface area contributed by atoms with E-state index in [1.807, 2.05) is 32.0 Å². The van der Waals surface area contributed by atoms with Crippen LogP contribution in [0.25, 0.3) is 0 Å². The van der Waals surface area contributed by atoms with E-state index in [4.69, 9.17) is 0 Å². The van der Waals surface area contributed by atoms with Gasteiger partial charge in [0.2, 0.25) is 0 Å². The van der Waals surface area contributed by atoms with E-state index in [0.717, 1.165) is 0 Å². The van der Waals surface area contributed by atoms with E-state index in [0.29, 0.717) is 18.5 Å². The molecule has 0 bridgehead atoms. The molecule has 1 unspecified atom stereocenters. The van der Waals surface area contributed by atoms with Crippen LogP contribution >= 0.6 is 0 Å². The van der Waals surface area contributed by atoms with Gasteiger partial charge in [0, 0.05) is 12.1 Å². The molecule has 1 aromatic rings. The van der Waals surface area contributed by atoms with E-state index in [9.17, 15) is 9.90 Å². The van der Waals surface area contributed by atoms with E-state index >= 15 is 0 Å². The molecular weight excluding hydrogens is 214 g/mol. The number of carbonyl (C=O) groups is 1. The third-order valence-corrected chi connectivity index (χ3v) is 2.61. The molecule has 0 fully saturated rings. The highest BCUT2D eigenvalue weighted by Crippen LogP contribution is 2.21. The van der Waals surface area contributed by atoms with Crippen molar-refractivity contribution in [3.05, 3.63) is 35.9 Å². The Balaban J connectivity index is 2.48. The van der Waals surface area contributed by atoms with Crippen molar-refractivity contribution in [2.75, 3.05) is 6.54 Å². The monoisotopic (exact) mass is 235 g/mol. The summed E-state index contributed by atoms with van der Waals surface area (Å²) >= 11 is 0. The van der Waals surface area contributed by atoms with Gasteiger partial charge in [-0.2, -0.15) is 0 Å². The van der Waals surface area contributed by atoms with Gasteiger partial charge in [0.25, 0.3) is 5.91 Å². The first-order chi connectivity index (χ1) is 7.91. The molecule has 0 saturated heterocycles. The van der Waals surface area contributed by atoms with Gasteiger partial charge in [-0.25, -0.2) is 0 Å². The van der Waals surface area contributed by atoms with Crippen molar-refractivity contribution in [2.24, 2.45) is 5.41 Å². The van der Waals surface area contributed by atoms with Crippen LogP contribution in [0.4, 0.5) is 0 Å². The summed E-state index contributed by atoms with van der Waals surface area (Å²) in [6.07, 6.45) is 0.320. The molecule has 94 valence electrons. The second-order valence-corrected chi connectivity index (χ2v) is 5.27. The molecule has 3 nitrogen and oxygen atoms in total. The van der Waals surface area contributed by atoms with Crippen LogP contribution in [-0.2, 0) is 0 Å². The second-order valence-electron chi connectivity index (χ2n) is 5.27. The molecule has 0 aromatic heterocycles. The lowest BCUT2D eigenvalue weighted by atomic mass is 9.87. The number of aliphatic hydroxyl groups excluding tert-OH is 1. The van der Waals surface area contributed by atoms with Gasteiger partial charge in [-0.1, -0.05) is 32.0 Å². The maximum atomic E-state index is 11.8. The summed E-state index contributed by atoms with van der Waals surface area (Å²) in [7, 11) is 0. The third kappa shape index (κ3) is 5.00. The molecule has 17 heavy (non-hydrogen) atoms. The van der Waals surface area contributed by atoms with Crippen LogP contribution in [0.15, 0.2) is 30.3 Å². The highest BCUT2D eigenvalue weighted by Gasteiger charge is 2.21. The van der Waals surface area contributed by atoms with Crippen molar-refractivity contribution in [1.82, 2.24) is 5.32 Å². The maximum absolute atomic E-state index is 11.8. The number of hydrogen-bond donors (Lipinski definition) is 2. The van der Waals surface area contributed by atoms with Crippen LogP contribution in [0.2, 0.25) is 0 Å². The highest BCUT2D eigenvalue weighted by atomic mass is 16.3. The zero-order valence-corrected chi connectivity index (χ0v) is 10.7. The molecule has 3 heteroatoms. The fourth-order valence-corrected chi connectivity index (χ4v) is 1.88. The van der Waals surface area contributed by atoms with Crippen molar-refractivity contribution >= 4 is 5.91 Å². The Bertz CT molecular complexity index is 358.